The fraction of sp³-hybridized carbons (Fsp3) is 0.800. The number of hydrogen-bond donors (Lipinski definition) is 3. The van der Waals surface area contributed by atoms with Gasteiger partial charge in [-0.05, 0) is 19.8 Å². The normalized spacial score (nSPS) is 11.2. The van der Waals surface area contributed by atoms with Crippen LogP contribution in [0.1, 0.15) is 33.6 Å². The molecule has 0 saturated carbocycles. The number of carbonyl (C=O) groups is 3. The summed E-state index contributed by atoms with van der Waals surface area (Å²) in [5.41, 5.74) is -1.99. The van der Waals surface area contributed by atoms with Gasteiger partial charge in [-0.25, -0.2) is 4.79 Å². The fourth-order valence-electron chi connectivity index (χ4n) is 1.56. The topological polar surface area (TPSA) is 132 Å². The van der Waals surface area contributed by atoms with Crippen LogP contribution in [0, 0.1) is 0 Å². The van der Waals surface area contributed by atoms with Gasteiger partial charge in [0.1, 0.15) is 26.8 Å². The number of aliphatic carboxylic acids is 1. The van der Waals surface area contributed by atoms with Crippen molar-refractivity contribution in [2.75, 3.05) is 40.0 Å². The molecule has 0 unspecified atom stereocenters. The van der Waals surface area contributed by atoms with Crippen molar-refractivity contribution in [1.29, 1.82) is 0 Å². The second-order valence-corrected chi connectivity index (χ2v) is 5.28. The van der Waals surface area contributed by atoms with E-state index in [1.807, 2.05) is 13.8 Å². The van der Waals surface area contributed by atoms with Crippen molar-refractivity contribution in [3.63, 3.8) is 0 Å². The zero-order valence-corrected chi connectivity index (χ0v) is 15.0. The molecule has 0 bridgehead atoms. The number of hydrogen-bond acceptors (Lipinski definition) is 7. The second-order valence-electron chi connectivity index (χ2n) is 5.28. The minimum atomic E-state index is -1.99. The van der Waals surface area contributed by atoms with Gasteiger partial charge in [0.2, 0.25) is 17.5 Å². The number of carboxylic acid groups (broad SMARTS) is 1. The van der Waals surface area contributed by atoms with Crippen molar-refractivity contribution in [3.8, 4) is 0 Å². The van der Waals surface area contributed by atoms with Crippen LogP contribution in [0.25, 0.3) is 0 Å². The van der Waals surface area contributed by atoms with Gasteiger partial charge in [0.25, 0.3) is 0 Å². The lowest BCUT2D eigenvalue weighted by atomic mass is 10.2. The molecule has 146 valence electrons. The van der Waals surface area contributed by atoms with E-state index in [0.717, 1.165) is 19.8 Å². The van der Waals surface area contributed by atoms with Crippen molar-refractivity contribution in [2.24, 2.45) is 0 Å². The minimum Gasteiger partial charge on any atom is -0.478 e. The lowest BCUT2D eigenvalue weighted by Crippen LogP contribution is -2.64. The molecular formula is C15H28N2O8. The average molecular weight is 364 g/mol. The van der Waals surface area contributed by atoms with Crippen LogP contribution in [0.3, 0.4) is 0 Å². The Morgan fingerprint density at radius 1 is 0.840 bits per heavy atom. The second kappa shape index (κ2) is 13.5. The van der Waals surface area contributed by atoms with E-state index in [1.165, 1.54) is 0 Å². The molecule has 10 heteroatoms. The van der Waals surface area contributed by atoms with Gasteiger partial charge in [0.05, 0.1) is 0 Å². The van der Waals surface area contributed by atoms with E-state index < -0.39 is 36.7 Å². The van der Waals surface area contributed by atoms with Crippen LogP contribution in [0.2, 0.25) is 0 Å². The Kier molecular flexibility index (Phi) is 12.6. The number of carbonyl (C=O) groups excluding carboxylic acids is 2. The van der Waals surface area contributed by atoms with Gasteiger partial charge in [-0.2, -0.15) is 0 Å². The molecule has 0 aromatic heterocycles. The first-order valence-corrected chi connectivity index (χ1v) is 8.02. The van der Waals surface area contributed by atoms with E-state index in [4.69, 9.17) is 18.9 Å². The summed E-state index contributed by atoms with van der Waals surface area (Å²) >= 11 is 0. The highest BCUT2D eigenvalue weighted by Gasteiger charge is 2.36. The highest BCUT2D eigenvalue weighted by atomic mass is 16.7. The smallest absolute Gasteiger partial charge is 0.350 e. The van der Waals surface area contributed by atoms with Gasteiger partial charge in [-0.3, -0.25) is 9.59 Å². The molecule has 0 aliphatic rings. The Morgan fingerprint density at radius 2 is 1.24 bits per heavy atom. The fourth-order valence-corrected chi connectivity index (χ4v) is 1.56. The first kappa shape index (κ1) is 23.2. The molecule has 0 aromatic carbocycles. The molecule has 0 aliphatic carbocycles. The van der Waals surface area contributed by atoms with Crippen LogP contribution in [-0.2, 0) is 33.3 Å². The molecule has 3 N–H and O–H groups in total. The summed E-state index contributed by atoms with van der Waals surface area (Å²) < 4.78 is 20.0. The van der Waals surface area contributed by atoms with Crippen LogP contribution in [-0.4, -0.2) is 68.6 Å². The minimum absolute atomic E-state index is 0.0804. The SMILES string of the molecule is CCCOCOCC(=O)NC(C)(NC(=O)COCOCCC)C(=O)O. The molecule has 2 amide bonds. The van der Waals surface area contributed by atoms with E-state index in [9.17, 15) is 19.5 Å². The van der Waals surface area contributed by atoms with E-state index in [-0.39, 0.29) is 13.6 Å². The number of ether oxygens (including phenoxy) is 4. The zero-order valence-electron chi connectivity index (χ0n) is 15.0. The summed E-state index contributed by atoms with van der Waals surface area (Å²) in [4.78, 5) is 34.9. The standard InChI is InChI=1S/C15H28N2O8/c1-4-6-22-10-24-8-12(18)16-15(3,14(20)21)17-13(19)9-25-11-23-7-5-2/h4-11H2,1-3H3,(H,16,18)(H,17,19)(H,20,21). The van der Waals surface area contributed by atoms with Crippen molar-refractivity contribution < 1.29 is 38.4 Å². The van der Waals surface area contributed by atoms with Gasteiger partial charge >= 0.3 is 5.97 Å². The molecule has 0 aliphatic heterocycles. The molecule has 0 spiro atoms. The Hall–Kier alpha value is -1.75. The third-order valence-corrected chi connectivity index (χ3v) is 2.70. The van der Waals surface area contributed by atoms with E-state index in [1.54, 1.807) is 0 Å². The van der Waals surface area contributed by atoms with Crippen LogP contribution in [0.4, 0.5) is 0 Å². The molecule has 0 heterocycles. The third kappa shape index (κ3) is 11.4. The molecule has 0 atom stereocenters. The highest BCUT2D eigenvalue weighted by molar-refractivity contribution is 5.91. The lowest BCUT2D eigenvalue weighted by Gasteiger charge is -2.27. The lowest BCUT2D eigenvalue weighted by molar-refractivity contribution is -0.154. The monoisotopic (exact) mass is 364 g/mol. The Labute approximate surface area is 147 Å². The number of rotatable bonds is 15. The largest absolute Gasteiger partial charge is 0.478 e. The highest BCUT2D eigenvalue weighted by Crippen LogP contribution is 2.00. The van der Waals surface area contributed by atoms with E-state index in [0.29, 0.717) is 13.2 Å². The predicted octanol–water partition coefficient (Wildman–Crippen LogP) is -0.179. The van der Waals surface area contributed by atoms with Crippen molar-refractivity contribution in [3.05, 3.63) is 0 Å². The average Bonchev–Trinajstić information content (AvgIpc) is 2.54. The molecular weight excluding hydrogens is 336 g/mol. The Balaban J connectivity index is 4.27. The molecule has 25 heavy (non-hydrogen) atoms. The maximum absolute atomic E-state index is 11.8. The Bertz CT molecular complexity index is 388. The summed E-state index contributed by atoms with van der Waals surface area (Å²) in [5.74, 6) is -2.85. The Morgan fingerprint density at radius 3 is 1.56 bits per heavy atom. The number of amides is 2. The summed E-state index contributed by atoms with van der Waals surface area (Å²) in [6.07, 6.45) is 1.62. The van der Waals surface area contributed by atoms with E-state index in [2.05, 4.69) is 10.6 Å². The quantitative estimate of drug-likeness (QED) is 0.269. The van der Waals surface area contributed by atoms with Crippen molar-refractivity contribution in [1.82, 2.24) is 10.6 Å². The maximum atomic E-state index is 11.8. The molecule has 10 nitrogen and oxygen atoms in total. The first-order valence-electron chi connectivity index (χ1n) is 8.02. The summed E-state index contributed by atoms with van der Waals surface area (Å²) in [7, 11) is 0. The molecule has 0 saturated heterocycles. The molecule has 0 fully saturated rings. The summed E-state index contributed by atoms with van der Waals surface area (Å²) in [6, 6.07) is 0. The predicted molar refractivity (Wildman–Crippen MR) is 86.5 cm³/mol. The van der Waals surface area contributed by atoms with Crippen LogP contribution < -0.4 is 10.6 Å². The summed E-state index contributed by atoms with van der Waals surface area (Å²) in [6.45, 7) is 5.02. The van der Waals surface area contributed by atoms with Gasteiger partial charge in [-0.15, -0.1) is 0 Å². The van der Waals surface area contributed by atoms with Crippen molar-refractivity contribution >= 4 is 17.8 Å². The van der Waals surface area contributed by atoms with Gasteiger partial charge in [-0.1, -0.05) is 13.8 Å². The van der Waals surface area contributed by atoms with Gasteiger partial charge < -0.3 is 34.7 Å². The maximum Gasteiger partial charge on any atom is 0.350 e. The van der Waals surface area contributed by atoms with Gasteiger partial charge in [0.15, 0.2) is 0 Å². The van der Waals surface area contributed by atoms with Crippen LogP contribution in [0.5, 0.6) is 0 Å². The van der Waals surface area contributed by atoms with E-state index >= 15 is 0 Å². The third-order valence-electron chi connectivity index (χ3n) is 2.70. The van der Waals surface area contributed by atoms with Gasteiger partial charge in [0, 0.05) is 13.2 Å². The molecule has 0 rings (SSSR count). The number of nitrogens with one attached hydrogen (secondary N) is 2. The zero-order chi connectivity index (χ0) is 19.1. The molecule has 0 aromatic rings. The van der Waals surface area contributed by atoms with Crippen LogP contribution >= 0.6 is 0 Å². The first-order chi connectivity index (χ1) is 11.9. The molecule has 0 radical (unpaired) electrons. The number of carboxylic acids is 1. The summed E-state index contributed by atoms with van der Waals surface area (Å²) in [5, 5.41) is 13.6. The van der Waals surface area contributed by atoms with Crippen LogP contribution in [0.15, 0.2) is 0 Å². The van der Waals surface area contributed by atoms with Crippen molar-refractivity contribution in [2.45, 2.75) is 39.3 Å².